The summed E-state index contributed by atoms with van der Waals surface area (Å²) in [7, 11) is -3.83. The van der Waals surface area contributed by atoms with E-state index in [-0.39, 0.29) is 22.2 Å². The molecule has 9 heteroatoms. The Morgan fingerprint density at radius 3 is 2.70 bits per heavy atom. The van der Waals surface area contributed by atoms with Crippen molar-refractivity contribution < 1.29 is 17.9 Å². The van der Waals surface area contributed by atoms with Crippen LogP contribution >= 0.6 is 22.7 Å². The van der Waals surface area contributed by atoms with E-state index in [1.54, 1.807) is 22.9 Å². The van der Waals surface area contributed by atoms with Gasteiger partial charge < -0.3 is 9.30 Å². The fourth-order valence-corrected chi connectivity index (χ4v) is 5.81. The fourth-order valence-electron chi connectivity index (χ4n) is 2.57. The van der Waals surface area contributed by atoms with Crippen molar-refractivity contribution >= 4 is 48.9 Å². The van der Waals surface area contributed by atoms with Crippen LogP contribution in [-0.2, 0) is 26.1 Å². The van der Waals surface area contributed by atoms with Gasteiger partial charge >= 0.3 is 5.97 Å². The zero-order chi connectivity index (χ0) is 19.6. The first kappa shape index (κ1) is 19.8. The second-order valence-electron chi connectivity index (χ2n) is 6.16. The smallest absolute Gasteiger partial charge is 0.326 e. The van der Waals surface area contributed by atoms with Crippen molar-refractivity contribution in [2.24, 2.45) is 4.40 Å². The molecular formula is C18H20N2O4S3. The Morgan fingerprint density at radius 2 is 2.07 bits per heavy atom. The largest absolute Gasteiger partial charge is 0.465 e. The molecule has 0 aliphatic carbocycles. The first-order valence-corrected chi connectivity index (χ1v) is 11.6. The van der Waals surface area contributed by atoms with Gasteiger partial charge in [0.1, 0.15) is 10.8 Å². The van der Waals surface area contributed by atoms with Crippen molar-refractivity contribution in [2.75, 3.05) is 6.61 Å². The highest BCUT2D eigenvalue weighted by molar-refractivity contribution is 7.92. The third-order valence-electron chi connectivity index (χ3n) is 3.91. The van der Waals surface area contributed by atoms with E-state index in [9.17, 15) is 13.2 Å². The first-order chi connectivity index (χ1) is 12.8. The summed E-state index contributed by atoms with van der Waals surface area (Å²) in [6.45, 7) is 6.09. The van der Waals surface area contributed by atoms with Crippen LogP contribution in [0.2, 0.25) is 0 Å². The van der Waals surface area contributed by atoms with Gasteiger partial charge in [0, 0.05) is 0 Å². The average Bonchev–Trinajstić information content (AvgIpc) is 3.24. The van der Waals surface area contributed by atoms with Crippen molar-refractivity contribution in [2.45, 2.75) is 37.4 Å². The Balaban J connectivity index is 2.20. The minimum Gasteiger partial charge on any atom is -0.465 e. The molecule has 1 aromatic carbocycles. The van der Waals surface area contributed by atoms with E-state index >= 15 is 0 Å². The number of carbonyl (C=O) groups is 1. The highest BCUT2D eigenvalue weighted by Gasteiger charge is 2.17. The number of esters is 1. The van der Waals surface area contributed by atoms with Crippen LogP contribution in [0.15, 0.2) is 44.3 Å². The lowest BCUT2D eigenvalue weighted by molar-refractivity contribution is -0.143. The van der Waals surface area contributed by atoms with Gasteiger partial charge in [0.15, 0.2) is 0 Å². The molecule has 0 amide bonds. The Hall–Kier alpha value is -1.97. The second kappa shape index (κ2) is 7.95. The van der Waals surface area contributed by atoms with Crippen LogP contribution < -0.4 is 4.80 Å². The van der Waals surface area contributed by atoms with Crippen LogP contribution in [0, 0.1) is 0 Å². The number of rotatable bonds is 6. The number of ether oxygens (including phenoxy) is 1. The Morgan fingerprint density at radius 1 is 1.30 bits per heavy atom. The SMILES string of the molecule is CCOC(=O)Cn1c(=NS(=O)(=O)c2cccs2)sc2cc(C(C)C)ccc21. The topological polar surface area (TPSA) is 77.7 Å². The van der Waals surface area contributed by atoms with E-state index < -0.39 is 16.0 Å². The lowest BCUT2D eigenvalue weighted by atomic mass is 10.0. The zero-order valence-electron chi connectivity index (χ0n) is 15.2. The van der Waals surface area contributed by atoms with Crippen LogP contribution in [0.1, 0.15) is 32.3 Å². The molecule has 0 atom stereocenters. The molecule has 2 aromatic heterocycles. The third-order valence-corrected chi connectivity index (χ3v) is 7.71. The standard InChI is InChI=1S/C18H20N2O4S3/c1-4-24-16(21)11-20-14-8-7-13(12(2)3)10-15(14)26-18(20)19-27(22,23)17-6-5-9-25-17/h5-10,12H,4,11H2,1-3H3. The molecule has 2 heterocycles. The van der Waals surface area contributed by atoms with Crippen LogP contribution in [0.3, 0.4) is 0 Å². The van der Waals surface area contributed by atoms with Crippen molar-refractivity contribution in [3.63, 3.8) is 0 Å². The average molecular weight is 425 g/mol. The van der Waals surface area contributed by atoms with Gasteiger partial charge in [-0.1, -0.05) is 37.3 Å². The second-order valence-corrected chi connectivity index (χ2v) is 9.94. The molecule has 0 saturated heterocycles. The van der Waals surface area contributed by atoms with Crippen molar-refractivity contribution in [3.8, 4) is 0 Å². The molecule has 0 bridgehead atoms. The summed E-state index contributed by atoms with van der Waals surface area (Å²) in [5.74, 6) is -0.0923. The number of hydrogen-bond donors (Lipinski definition) is 0. The molecule has 0 spiro atoms. The summed E-state index contributed by atoms with van der Waals surface area (Å²) in [4.78, 5) is 12.3. The number of thiophene rings is 1. The molecule has 144 valence electrons. The number of thiazole rings is 1. The Kier molecular flexibility index (Phi) is 5.83. The van der Waals surface area contributed by atoms with Crippen LogP contribution in [0.4, 0.5) is 0 Å². The van der Waals surface area contributed by atoms with Crippen molar-refractivity contribution in [3.05, 3.63) is 46.1 Å². The third kappa shape index (κ3) is 4.31. The maximum Gasteiger partial charge on any atom is 0.326 e. The Bertz CT molecular complexity index is 1120. The van der Waals surface area contributed by atoms with E-state index in [0.717, 1.165) is 27.1 Å². The molecule has 0 N–H and O–H groups in total. The van der Waals surface area contributed by atoms with E-state index in [4.69, 9.17) is 4.74 Å². The summed E-state index contributed by atoms with van der Waals surface area (Å²) in [5.41, 5.74) is 1.90. The van der Waals surface area contributed by atoms with Crippen LogP contribution in [-0.4, -0.2) is 25.6 Å². The van der Waals surface area contributed by atoms with Gasteiger partial charge in [0.05, 0.1) is 16.8 Å². The van der Waals surface area contributed by atoms with Crippen molar-refractivity contribution in [1.82, 2.24) is 4.57 Å². The van der Waals surface area contributed by atoms with Gasteiger partial charge in [-0.2, -0.15) is 8.42 Å². The van der Waals surface area contributed by atoms with Gasteiger partial charge in [-0.25, -0.2) is 0 Å². The molecular weight excluding hydrogens is 404 g/mol. The predicted molar refractivity (Wildman–Crippen MR) is 108 cm³/mol. The summed E-state index contributed by atoms with van der Waals surface area (Å²) in [6.07, 6.45) is 0. The van der Waals surface area contributed by atoms with Gasteiger partial charge in [-0.15, -0.1) is 15.7 Å². The monoisotopic (exact) mass is 424 g/mol. The quantitative estimate of drug-likeness (QED) is 0.565. The number of carbonyl (C=O) groups excluding carboxylic acids is 1. The molecule has 27 heavy (non-hydrogen) atoms. The maximum absolute atomic E-state index is 12.6. The lowest BCUT2D eigenvalue weighted by Gasteiger charge is -2.07. The van der Waals surface area contributed by atoms with Gasteiger partial charge in [-0.05, 0) is 42.0 Å². The molecule has 3 aromatic rings. The fraction of sp³-hybridized carbons (Fsp3) is 0.333. The number of fused-ring (bicyclic) bond motifs is 1. The predicted octanol–water partition coefficient (Wildman–Crippen LogP) is 3.74. The van der Waals surface area contributed by atoms with E-state index in [0.29, 0.717) is 5.92 Å². The molecule has 6 nitrogen and oxygen atoms in total. The number of benzene rings is 1. The summed E-state index contributed by atoms with van der Waals surface area (Å²) in [6, 6.07) is 9.09. The molecule has 0 fully saturated rings. The zero-order valence-corrected chi connectivity index (χ0v) is 17.7. The summed E-state index contributed by atoms with van der Waals surface area (Å²) in [5, 5.41) is 1.69. The van der Waals surface area contributed by atoms with Gasteiger partial charge in [0.25, 0.3) is 10.0 Å². The van der Waals surface area contributed by atoms with Gasteiger partial charge in [-0.3, -0.25) is 4.79 Å². The highest BCUT2D eigenvalue weighted by atomic mass is 32.2. The van der Waals surface area contributed by atoms with E-state index in [1.165, 1.54) is 17.4 Å². The molecule has 3 rings (SSSR count). The summed E-state index contributed by atoms with van der Waals surface area (Å²) >= 11 is 2.37. The molecule has 0 radical (unpaired) electrons. The van der Waals surface area contributed by atoms with Crippen molar-refractivity contribution in [1.29, 1.82) is 0 Å². The molecule has 0 aliphatic rings. The number of aromatic nitrogens is 1. The van der Waals surface area contributed by atoms with E-state index in [1.807, 2.05) is 18.2 Å². The number of sulfonamides is 1. The normalized spacial score (nSPS) is 12.8. The molecule has 0 unspecified atom stereocenters. The maximum atomic E-state index is 12.6. The molecule has 0 aliphatic heterocycles. The minimum absolute atomic E-state index is 0.0896. The first-order valence-electron chi connectivity index (χ1n) is 8.45. The van der Waals surface area contributed by atoms with Crippen LogP contribution in [0.5, 0.6) is 0 Å². The number of nitrogens with zero attached hydrogens (tertiary/aromatic N) is 2. The number of hydrogen-bond acceptors (Lipinski definition) is 6. The molecule has 0 saturated carbocycles. The Labute approximate surface area is 165 Å². The lowest BCUT2D eigenvalue weighted by Crippen LogP contribution is -2.23. The van der Waals surface area contributed by atoms with Crippen LogP contribution in [0.25, 0.3) is 10.2 Å². The highest BCUT2D eigenvalue weighted by Crippen LogP contribution is 2.24. The summed E-state index contributed by atoms with van der Waals surface area (Å²) < 4.78 is 36.9. The minimum atomic E-state index is -3.83. The van der Waals surface area contributed by atoms with Gasteiger partial charge in [0.2, 0.25) is 4.80 Å². The van der Waals surface area contributed by atoms with E-state index in [2.05, 4.69) is 18.2 Å².